The van der Waals surface area contributed by atoms with Crippen molar-refractivity contribution in [2.24, 2.45) is 4.99 Å². The highest BCUT2D eigenvalue weighted by Crippen LogP contribution is 2.30. The lowest BCUT2D eigenvalue weighted by Crippen LogP contribution is -2.38. The minimum atomic E-state index is 0.107. The van der Waals surface area contributed by atoms with Crippen molar-refractivity contribution < 1.29 is 4.79 Å². The van der Waals surface area contributed by atoms with Crippen molar-refractivity contribution in [3.63, 3.8) is 0 Å². The molecule has 0 spiro atoms. The molecule has 5 heteroatoms. The Bertz CT molecular complexity index is 1260. The second-order valence-corrected chi connectivity index (χ2v) is 8.98. The lowest BCUT2D eigenvalue weighted by molar-refractivity contribution is 0.0713. The second-order valence-electron chi connectivity index (χ2n) is 8.98. The van der Waals surface area contributed by atoms with E-state index in [0.29, 0.717) is 11.5 Å². The molecular weight excluding hydrogens is 408 g/mol. The molecule has 33 heavy (non-hydrogen) atoms. The number of piperidine rings is 1. The number of fused-ring (bicyclic) bond motifs is 1. The third kappa shape index (κ3) is 4.42. The predicted molar refractivity (Wildman–Crippen MR) is 129 cm³/mol. The Kier molecular flexibility index (Phi) is 5.75. The first-order valence-corrected chi connectivity index (χ1v) is 11.5. The Morgan fingerprint density at radius 1 is 1.12 bits per heavy atom. The molecule has 0 bridgehead atoms. The van der Waals surface area contributed by atoms with Gasteiger partial charge in [-0.15, -0.1) is 0 Å². The highest BCUT2D eigenvalue weighted by molar-refractivity contribution is 5.97. The number of hydrogen-bond acceptors (Lipinski definition) is 4. The molecule has 164 valence electrons. The average molecular weight is 435 g/mol. The third-order valence-electron chi connectivity index (χ3n) is 6.84. The normalized spacial score (nSPS) is 15.6. The number of aliphatic imine (C=N–C) groups is 1. The van der Waals surface area contributed by atoms with Crippen LogP contribution in [0.3, 0.4) is 0 Å². The molecule has 0 saturated carbocycles. The molecule has 5 rings (SSSR count). The third-order valence-corrected chi connectivity index (χ3v) is 6.84. The van der Waals surface area contributed by atoms with Gasteiger partial charge < -0.3 is 4.90 Å². The standard InChI is InChI=1S/C28H26N4O/c1-19-2-5-24(14-25(19)16-26-15-23-8-11-30-18-27(23)31-26)28(33)32-12-9-22(10-13-32)21-6-3-20(17-29)4-7-21/h2-8,11,14,18,22H,9-10,12-13,15-16H2,1H3. The van der Waals surface area contributed by atoms with E-state index in [1.54, 1.807) is 0 Å². The van der Waals surface area contributed by atoms with Crippen LogP contribution in [-0.2, 0) is 12.8 Å². The minimum Gasteiger partial charge on any atom is -0.339 e. The second kappa shape index (κ2) is 8.99. The molecule has 2 aliphatic heterocycles. The van der Waals surface area contributed by atoms with Gasteiger partial charge in [0.25, 0.3) is 5.91 Å². The summed E-state index contributed by atoms with van der Waals surface area (Å²) < 4.78 is 0. The maximum atomic E-state index is 13.3. The van der Waals surface area contributed by atoms with Gasteiger partial charge in [0, 0.05) is 43.4 Å². The number of nitriles is 1. The number of nitrogens with zero attached hydrogens (tertiary/aromatic N) is 4. The van der Waals surface area contributed by atoms with Gasteiger partial charge in [-0.25, -0.2) is 0 Å². The summed E-state index contributed by atoms with van der Waals surface area (Å²) in [4.78, 5) is 24.1. The number of likely N-dealkylation sites (tertiary alicyclic amines) is 1. The van der Waals surface area contributed by atoms with E-state index in [1.165, 1.54) is 16.7 Å². The largest absolute Gasteiger partial charge is 0.339 e. The van der Waals surface area contributed by atoms with Crippen LogP contribution in [0, 0.1) is 18.3 Å². The van der Waals surface area contributed by atoms with Gasteiger partial charge in [-0.1, -0.05) is 18.2 Å². The first kappa shape index (κ1) is 21.1. The Morgan fingerprint density at radius 3 is 2.64 bits per heavy atom. The van der Waals surface area contributed by atoms with Gasteiger partial charge in [-0.05, 0) is 78.3 Å². The highest BCUT2D eigenvalue weighted by atomic mass is 16.2. The van der Waals surface area contributed by atoms with E-state index in [0.717, 1.165) is 61.3 Å². The summed E-state index contributed by atoms with van der Waals surface area (Å²) in [5.41, 5.74) is 8.34. The number of rotatable bonds is 4. The van der Waals surface area contributed by atoms with Gasteiger partial charge in [0.2, 0.25) is 0 Å². The molecule has 0 N–H and O–H groups in total. The molecule has 0 aliphatic carbocycles. The quantitative estimate of drug-likeness (QED) is 0.570. The van der Waals surface area contributed by atoms with E-state index in [2.05, 4.69) is 24.0 Å². The summed E-state index contributed by atoms with van der Waals surface area (Å²) in [5, 5.41) is 9.00. The van der Waals surface area contributed by atoms with Crippen LogP contribution >= 0.6 is 0 Å². The van der Waals surface area contributed by atoms with Crippen LogP contribution in [0.5, 0.6) is 0 Å². The van der Waals surface area contributed by atoms with Gasteiger partial charge in [0.05, 0.1) is 23.5 Å². The fourth-order valence-electron chi connectivity index (χ4n) is 4.84. The smallest absolute Gasteiger partial charge is 0.253 e. The van der Waals surface area contributed by atoms with E-state index in [4.69, 9.17) is 10.3 Å². The maximum absolute atomic E-state index is 13.3. The molecular formula is C28H26N4O. The summed E-state index contributed by atoms with van der Waals surface area (Å²) in [6.07, 6.45) is 7.11. The topological polar surface area (TPSA) is 69.3 Å². The molecule has 2 aromatic carbocycles. The lowest BCUT2D eigenvalue weighted by Gasteiger charge is -2.32. The van der Waals surface area contributed by atoms with Gasteiger partial charge in [-0.2, -0.15) is 5.26 Å². The van der Waals surface area contributed by atoms with E-state index in [-0.39, 0.29) is 5.91 Å². The van der Waals surface area contributed by atoms with Crippen LogP contribution in [0.25, 0.3) is 0 Å². The van der Waals surface area contributed by atoms with Crippen LogP contribution in [-0.4, -0.2) is 34.6 Å². The van der Waals surface area contributed by atoms with Crippen LogP contribution in [0.4, 0.5) is 5.69 Å². The van der Waals surface area contributed by atoms with Crippen LogP contribution in [0.1, 0.15) is 56.9 Å². The molecule has 0 radical (unpaired) electrons. The van der Waals surface area contributed by atoms with Crippen molar-refractivity contribution in [1.29, 1.82) is 5.26 Å². The monoisotopic (exact) mass is 434 g/mol. The molecule has 3 heterocycles. The zero-order valence-corrected chi connectivity index (χ0v) is 18.8. The van der Waals surface area contributed by atoms with Crippen molar-refractivity contribution in [3.8, 4) is 6.07 Å². The van der Waals surface area contributed by atoms with Gasteiger partial charge in [0.15, 0.2) is 0 Å². The molecule has 2 aliphatic rings. The molecule has 0 atom stereocenters. The van der Waals surface area contributed by atoms with Crippen LogP contribution in [0.15, 0.2) is 65.9 Å². The van der Waals surface area contributed by atoms with E-state index < -0.39 is 0 Å². The van der Waals surface area contributed by atoms with Gasteiger partial charge in [-0.3, -0.25) is 14.8 Å². The summed E-state index contributed by atoms with van der Waals surface area (Å²) in [6, 6.07) is 18.1. The number of carbonyl (C=O) groups excluding carboxylic acids is 1. The first-order valence-electron chi connectivity index (χ1n) is 11.5. The molecule has 0 unspecified atom stereocenters. The Balaban J connectivity index is 1.25. The fraction of sp³-hybridized carbons (Fsp3) is 0.286. The maximum Gasteiger partial charge on any atom is 0.253 e. The summed E-state index contributed by atoms with van der Waals surface area (Å²) in [6.45, 7) is 3.60. The SMILES string of the molecule is Cc1ccc(C(=O)N2CCC(c3ccc(C#N)cc3)CC2)cc1CC1=Nc2cnccc2C1. The minimum absolute atomic E-state index is 0.107. The molecule has 1 amide bonds. The Labute approximate surface area is 194 Å². The highest BCUT2D eigenvalue weighted by Gasteiger charge is 2.25. The zero-order valence-electron chi connectivity index (χ0n) is 18.8. The van der Waals surface area contributed by atoms with Crippen molar-refractivity contribution in [3.05, 3.63) is 94.3 Å². The number of pyridine rings is 1. The van der Waals surface area contributed by atoms with Crippen LogP contribution in [0.2, 0.25) is 0 Å². The molecule has 1 aromatic heterocycles. The summed E-state index contributed by atoms with van der Waals surface area (Å²) in [5.74, 6) is 0.544. The Hall–Kier alpha value is -3.78. The molecule has 5 nitrogen and oxygen atoms in total. The van der Waals surface area contributed by atoms with E-state index in [1.807, 2.05) is 59.8 Å². The predicted octanol–water partition coefficient (Wildman–Crippen LogP) is 5.15. The summed E-state index contributed by atoms with van der Waals surface area (Å²) >= 11 is 0. The lowest BCUT2D eigenvalue weighted by atomic mass is 9.88. The number of amides is 1. The van der Waals surface area contributed by atoms with Gasteiger partial charge in [0.1, 0.15) is 0 Å². The average Bonchev–Trinajstić information content (AvgIpc) is 3.27. The zero-order chi connectivity index (χ0) is 22.8. The first-order chi connectivity index (χ1) is 16.1. The number of aryl methyl sites for hydroxylation is 1. The number of carbonyl (C=O) groups is 1. The molecule has 1 saturated heterocycles. The van der Waals surface area contributed by atoms with Crippen molar-refractivity contribution in [1.82, 2.24) is 9.88 Å². The van der Waals surface area contributed by atoms with E-state index in [9.17, 15) is 4.79 Å². The molecule has 3 aromatic rings. The number of benzene rings is 2. The van der Waals surface area contributed by atoms with Crippen molar-refractivity contribution in [2.45, 2.75) is 38.5 Å². The van der Waals surface area contributed by atoms with Crippen LogP contribution < -0.4 is 0 Å². The van der Waals surface area contributed by atoms with Crippen molar-refractivity contribution >= 4 is 17.3 Å². The summed E-state index contributed by atoms with van der Waals surface area (Å²) in [7, 11) is 0. The number of hydrogen-bond donors (Lipinski definition) is 0. The number of aromatic nitrogens is 1. The Morgan fingerprint density at radius 2 is 1.91 bits per heavy atom. The fourth-order valence-corrected chi connectivity index (χ4v) is 4.84. The van der Waals surface area contributed by atoms with Gasteiger partial charge >= 0.3 is 0 Å². The molecule has 1 fully saturated rings. The van der Waals surface area contributed by atoms with E-state index >= 15 is 0 Å². The van der Waals surface area contributed by atoms with Crippen molar-refractivity contribution in [2.75, 3.05) is 13.1 Å².